The van der Waals surface area contributed by atoms with E-state index in [4.69, 9.17) is 5.73 Å². The van der Waals surface area contributed by atoms with Crippen molar-refractivity contribution in [2.24, 2.45) is 0 Å². The van der Waals surface area contributed by atoms with Gasteiger partial charge in [0.05, 0.1) is 10.9 Å². The molecule has 5 nitrogen and oxygen atoms in total. The Morgan fingerprint density at radius 3 is 3.16 bits per heavy atom. The van der Waals surface area contributed by atoms with Gasteiger partial charge >= 0.3 is 0 Å². The lowest BCUT2D eigenvalue weighted by molar-refractivity contribution is 1.09. The molecule has 100 valence electrons. The fourth-order valence-corrected chi connectivity index (χ4v) is 2.23. The first-order valence-electron chi connectivity index (χ1n) is 5.93. The molecule has 0 bridgehead atoms. The number of nitrogens with one attached hydrogen (secondary N) is 2. The maximum absolute atomic E-state index is 11.9. The molecule has 19 heavy (non-hydrogen) atoms. The third kappa shape index (κ3) is 3.51. The molecule has 0 saturated heterocycles. The molecule has 0 unspecified atom stereocenters. The SMILES string of the molecule is C=CCSCCNc1nc2ccc(N)cc2c(=O)[nH]1. The third-order valence-corrected chi connectivity index (χ3v) is 3.47. The first-order chi connectivity index (χ1) is 9.20. The standard InChI is InChI=1S/C13H16N4OS/c1-2-6-19-7-5-15-13-16-11-4-3-9(14)8-10(11)12(18)17-13/h2-4,8H,1,5-7,14H2,(H2,15,16,17,18). The number of aromatic amines is 1. The summed E-state index contributed by atoms with van der Waals surface area (Å²) in [4.78, 5) is 18.9. The Balaban J connectivity index is 2.10. The number of aromatic nitrogens is 2. The van der Waals surface area contributed by atoms with Crippen molar-refractivity contribution in [3.05, 3.63) is 41.2 Å². The van der Waals surface area contributed by atoms with Gasteiger partial charge in [0.25, 0.3) is 5.56 Å². The highest BCUT2D eigenvalue weighted by molar-refractivity contribution is 7.99. The number of benzene rings is 1. The molecular formula is C13H16N4OS. The zero-order valence-corrected chi connectivity index (χ0v) is 11.3. The van der Waals surface area contributed by atoms with Crippen LogP contribution in [0, 0.1) is 0 Å². The number of nitrogens with zero attached hydrogens (tertiary/aromatic N) is 1. The van der Waals surface area contributed by atoms with Gasteiger partial charge in [0, 0.05) is 23.7 Å². The summed E-state index contributed by atoms with van der Waals surface area (Å²) in [6.07, 6.45) is 1.87. The molecule has 0 fully saturated rings. The fraction of sp³-hybridized carbons (Fsp3) is 0.231. The van der Waals surface area contributed by atoms with E-state index in [0.29, 0.717) is 22.5 Å². The van der Waals surface area contributed by atoms with Gasteiger partial charge in [-0.25, -0.2) is 4.98 Å². The molecule has 0 radical (unpaired) electrons. The van der Waals surface area contributed by atoms with Crippen molar-refractivity contribution >= 4 is 34.3 Å². The van der Waals surface area contributed by atoms with Crippen LogP contribution in [0.4, 0.5) is 11.6 Å². The molecule has 2 rings (SSSR count). The van der Waals surface area contributed by atoms with Crippen molar-refractivity contribution in [1.82, 2.24) is 9.97 Å². The van der Waals surface area contributed by atoms with Crippen LogP contribution in [0.5, 0.6) is 0 Å². The molecular weight excluding hydrogens is 260 g/mol. The quantitative estimate of drug-likeness (QED) is 0.426. The average molecular weight is 276 g/mol. The van der Waals surface area contributed by atoms with Crippen molar-refractivity contribution < 1.29 is 0 Å². The summed E-state index contributed by atoms with van der Waals surface area (Å²) in [5.41, 5.74) is 6.66. The van der Waals surface area contributed by atoms with Crippen molar-refractivity contribution in [1.29, 1.82) is 0 Å². The molecule has 1 heterocycles. The number of rotatable bonds is 6. The molecule has 0 amide bonds. The zero-order chi connectivity index (χ0) is 13.7. The van der Waals surface area contributed by atoms with E-state index in [-0.39, 0.29) is 5.56 Å². The van der Waals surface area contributed by atoms with Gasteiger partial charge in [-0.2, -0.15) is 11.8 Å². The van der Waals surface area contributed by atoms with Gasteiger partial charge < -0.3 is 11.1 Å². The molecule has 0 spiro atoms. The number of fused-ring (bicyclic) bond motifs is 1. The van der Waals surface area contributed by atoms with Crippen LogP contribution < -0.4 is 16.6 Å². The van der Waals surface area contributed by atoms with Crippen LogP contribution in [0.2, 0.25) is 0 Å². The third-order valence-electron chi connectivity index (χ3n) is 2.50. The molecule has 6 heteroatoms. The lowest BCUT2D eigenvalue weighted by atomic mass is 10.2. The Labute approximate surface area is 115 Å². The molecule has 0 atom stereocenters. The summed E-state index contributed by atoms with van der Waals surface area (Å²) in [6.45, 7) is 4.40. The molecule has 2 aromatic rings. The zero-order valence-electron chi connectivity index (χ0n) is 10.5. The summed E-state index contributed by atoms with van der Waals surface area (Å²) in [5.74, 6) is 2.33. The van der Waals surface area contributed by atoms with Gasteiger partial charge in [-0.1, -0.05) is 6.08 Å². The van der Waals surface area contributed by atoms with Gasteiger partial charge in [-0.3, -0.25) is 9.78 Å². The van der Waals surface area contributed by atoms with Crippen LogP contribution in [0.3, 0.4) is 0 Å². The number of nitrogen functional groups attached to an aromatic ring is 1. The van der Waals surface area contributed by atoms with Crippen LogP contribution in [-0.4, -0.2) is 28.0 Å². The highest BCUT2D eigenvalue weighted by atomic mass is 32.2. The highest BCUT2D eigenvalue weighted by Crippen LogP contribution is 2.12. The second-order valence-electron chi connectivity index (χ2n) is 3.98. The van der Waals surface area contributed by atoms with Crippen molar-refractivity contribution in [2.75, 3.05) is 29.1 Å². The smallest absolute Gasteiger partial charge is 0.260 e. The summed E-state index contributed by atoms with van der Waals surface area (Å²) >= 11 is 1.77. The van der Waals surface area contributed by atoms with E-state index >= 15 is 0 Å². The molecule has 0 aliphatic rings. The Hall–Kier alpha value is -1.95. The van der Waals surface area contributed by atoms with Crippen molar-refractivity contribution in [2.45, 2.75) is 0 Å². The van der Waals surface area contributed by atoms with Crippen molar-refractivity contribution in [3.8, 4) is 0 Å². The van der Waals surface area contributed by atoms with Crippen LogP contribution in [0.1, 0.15) is 0 Å². The van der Waals surface area contributed by atoms with Gasteiger partial charge in [-0.15, -0.1) is 6.58 Å². The number of anilines is 2. The maximum atomic E-state index is 11.9. The molecule has 1 aromatic carbocycles. The number of nitrogens with two attached hydrogens (primary N) is 1. The van der Waals surface area contributed by atoms with E-state index in [0.717, 1.165) is 18.1 Å². The second kappa shape index (κ2) is 6.29. The summed E-state index contributed by atoms with van der Waals surface area (Å²) < 4.78 is 0. The highest BCUT2D eigenvalue weighted by Gasteiger charge is 2.03. The summed E-state index contributed by atoms with van der Waals surface area (Å²) in [6, 6.07) is 5.11. The number of thioether (sulfide) groups is 1. The van der Waals surface area contributed by atoms with E-state index in [1.54, 1.807) is 30.0 Å². The van der Waals surface area contributed by atoms with Crippen LogP contribution in [0.15, 0.2) is 35.6 Å². The lowest BCUT2D eigenvalue weighted by Crippen LogP contribution is -2.15. The minimum Gasteiger partial charge on any atom is -0.399 e. The van der Waals surface area contributed by atoms with E-state index in [1.807, 2.05) is 6.08 Å². The van der Waals surface area contributed by atoms with E-state index in [1.165, 1.54) is 0 Å². The largest absolute Gasteiger partial charge is 0.399 e. The van der Waals surface area contributed by atoms with E-state index in [9.17, 15) is 4.79 Å². The van der Waals surface area contributed by atoms with Crippen LogP contribution >= 0.6 is 11.8 Å². The Kier molecular flexibility index (Phi) is 4.46. The van der Waals surface area contributed by atoms with Gasteiger partial charge in [0.2, 0.25) is 5.95 Å². The Morgan fingerprint density at radius 1 is 1.53 bits per heavy atom. The van der Waals surface area contributed by atoms with Gasteiger partial charge in [0.15, 0.2) is 0 Å². The minimum absolute atomic E-state index is 0.182. The minimum atomic E-state index is -0.182. The Morgan fingerprint density at radius 2 is 2.37 bits per heavy atom. The van der Waals surface area contributed by atoms with Crippen molar-refractivity contribution in [3.63, 3.8) is 0 Å². The first-order valence-corrected chi connectivity index (χ1v) is 7.08. The lowest BCUT2D eigenvalue weighted by Gasteiger charge is -2.06. The average Bonchev–Trinajstić information content (AvgIpc) is 2.39. The number of H-pyrrole nitrogens is 1. The van der Waals surface area contributed by atoms with Gasteiger partial charge in [0.1, 0.15) is 0 Å². The summed E-state index contributed by atoms with van der Waals surface area (Å²) in [5, 5.41) is 3.60. The predicted octanol–water partition coefficient (Wildman–Crippen LogP) is 1.84. The van der Waals surface area contributed by atoms with E-state index < -0.39 is 0 Å². The summed E-state index contributed by atoms with van der Waals surface area (Å²) in [7, 11) is 0. The van der Waals surface area contributed by atoms with Crippen LogP contribution in [-0.2, 0) is 0 Å². The molecule has 0 saturated carbocycles. The fourth-order valence-electron chi connectivity index (χ4n) is 1.65. The normalized spacial score (nSPS) is 10.5. The monoisotopic (exact) mass is 276 g/mol. The molecule has 4 N–H and O–H groups in total. The maximum Gasteiger partial charge on any atom is 0.260 e. The van der Waals surface area contributed by atoms with Crippen LogP contribution in [0.25, 0.3) is 10.9 Å². The van der Waals surface area contributed by atoms with Gasteiger partial charge in [-0.05, 0) is 18.2 Å². The second-order valence-corrected chi connectivity index (χ2v) is 5.13. The topological polar surface area (TPSA) is 83.8 Å². The predicted molar refractivity (Wildman–Crippen MR) is 82.8 cm³/mol. The number of hydrogen-bond donors (Lipinski definition) is 3. The Bertz CT molecular complexity index is 638. The molecule has 0 aliphatic heterocycles. The molecule has 0 aliphatic carbocycles. The first kappa shape index (κ1) is 13.5. The van der Waals surface area contributed by atoms with E-state index in [2.05, 4.69) is 21.9 Å². The number of hydrogen-bond acceptors (Lipinski definition) is 5. The molecule has 1 aromatic heterocycles.